The zero-order chi connectivity index (χ0) is 19.8. The van der Waals surface area contributed by atoms with Gasteiger partial charge in [0.05, 0.1) is 19.8 Å². The van der Waals surface area contributed by atoms with Crippen LogP contribution in [-0.4, -0.2) is 55.3 Å². The Bertz CT molecular complexity index is 838. The first-order valence-electron chi connectivity index (χ1n) is 9.13. The van der Waals surface area contributed by atoms with Crippen molar-refractivity contribution in [3.8, 4) is 5.88 Å². The van der Waals surface area contributed by atoms with E-state index in [1.807, 2.05) is 31.2 Å². The van der Waals surface area contributed by atoms with Crippen LogP contribution >= 0.6 is 11.6 Å². The summed E-state index contributed by atoms with van der Waals surface area (Å²) >= 11 is 6.06. The average molecular weight is 403 g/mol. The Balaban J connectivity index is 1.46. The number of anilines is 1. The van der Waals surface area contributed by atoms with Gasteiger partial charge in [0.25, 0.3) is 0 Å². The van der Waals surface area contributed by atoms with Crippen molar-refractivity contribution in [3.63, 3.8) is 0 Å². The van der Waals surface area contributed by atoms with E-state index in [0.29, 0.717) is 43.1 Å². The number of aryl methyl sites for hydroxylation is 1. The number of amides is 1. The van der Waals surface area contributed by atoms with E-state index in [1.54, 1.807) is 12.1 Å². The van der Waals surface area contributed by atoms with E-state index < -0.39 is 0 Å². The second kappa shape index (κ2) is 10.1. The summed E-state index contributed by atoms with van der Waals surface area (Å²) in [5.74, 6) is 1.76. The minimum Gasteiger partial charge on any atom is -0.476 e. The number of nitrogens with zero attached hydrogens (tertiary/aromatic N) is 3. The molecule has 2 aromatic rings. The van der Waals surface area contributed by atoms with Crippen molar-refractivity contribution in [1.29, 1.82) is 0 Å². The maximum atomic E-state index is 11.9. The maximum absolute atomic E-state index is 11.9. The molecule has 2 heterocycles. The van der Waals surface area contributed by atoms with Gasteiger partial charge in [0.2, 0.25) is 11.8 Å². The summed E-state index contributed by atoms with van der Waals surface area (Å²) in [5, 5.41) is 3.37. The van der Waals surface area contributed by atoms with E-state index in [1.165, 1.54) is 6.08 Å². The number of aromatic nitrogens is 2. The third-order valence-electron chi connectivity index (χ3n) is 4.11. The Morgan fingerprint density at radius 2 is 2.11 bits per heavy atom. The number of benzene rings is 1. The fourth-order valence-corrected chi connectivity index (χ4v) is 2.92. The largest absolute Gasteiger partial charge is 0.476 e. The van der Waals surface area contributed by atoms with Crippen molar-refractivity contribution in [2.75, 3.05) is 44.4 Å². The predicted molar refractivity (Wildman–Crippen MR) is 109 cm³/mol. The SMILES string of the molecule is Cc1nc(OCCNC(=O)C=Cc2ccccc2Cl)cc(N2CCOCC2)n1. The van der Waals surface area contributed by atoms with Crippen molar-refractivity contribution in [2.24, 2.45) is 0 Å². The molecule has 28 heavy (non-hydrogen) atoms. The standard InChI is InChI=1S/C20H23ClN4O3/c1-15-23-18(25-9-12-27-13-10-25)14-20(24-15)28-11-8-22-19(26)7-6-16-4-2-3-5-17(16)21/h2-7,14H,8-13H2,1H3,(H,22,26). The van der Waals surface area contributed by atoms with Crippen LogP contribution in [0.4, 0.5) is 5.82 Å². The number of morpholine rings is 1. The zero-order valence-corrected chi connectivity index (χ0v) is 16.5. The first kappa shape index (κ1) is 20.1. The highest BCUT2D eigenvalue weighted by Gasteiger charge is 2.14. The molecule has 1 aliphatic rings. The summed E-state index contributed by atoms with van der Waals surface area (Å²) in [6.07, 6.45) is 3.13. The molecule has 0 saturated carbocycles. The van der Waals surface area contributed by atoms with Crippen molar-refractivity contribution in [2.45, 2.75) is 6.92 Å². The molecule has 0 atom stereocenters. The Morgan fingerprint density at radius 3 is 2.89 bits per heavy atom. The maximum Gasteiger partial charge on any atom is 0.244 e. The summed E-state index contributed by atoms with van der Waals surface area (Å²) in [7, 11) is 0. The third kappa shape index (κ3) is 5.94. The molecule has 0 unspecified atom stereocenters. The molecule has 1 aromatic heterocycles. The van der Waals surface area contributed by atoms with E-state index in [-0.39, 0.29) is 5.91 Å². The molecular formula is C20H23ClN4O3. The van der Waals surface area contributed by atoms with Crippen LogP contribution in [0.15, 0.2) is 36.4 Å². The van der Waals surface area contributed by atoms with Crippen molar-refractivity contribution in [3.05, 3.63) is 52.8 Å². The minimum atomic E-state index is -0.212. The molecule has 148 valence electrons. The van der Waals surface area contributed by atoms with Crippen LogP contribution in [0.3, 0.4) is 0 Å². The summed E-state index contributed by atoms with van der Waals surface area (Å²) < 4.78 is 11.1. The first-order valence-corrected chi connectivity index (χ1v) is 9.51. The van der Waals surface area contributed by atoms with E-state index in [2.05, 4.69) is 20.2 Å². The van der Waals surface area contributed by atoms with Gasteiger partial charge in [-0.1, -0.05) is 29.8 Å². The quantitative estimate of drug-likeness (QED) is 0.566. The van der Waals surface area contributed by atoms with Crippen molar-refractivity contribution >= 4 is 29.4 Å². The fraction of sp³-hybridized carbons (Fsp3) is 0.350. The lowest BCUT2D eigenvalue weighted by molar-refractivity contribution is -0.116. The van der Waals surface area contributed by atoms with Gasteiger partial charge in [-0.05, 0) is 24.6 Å². The molecule has 0 radical (unpaired) electrons. The highest BCUT2D eigenvalue weighted by atomic mass is 35.5. The Morgan fingerprint density at radius 1 is 1.32 bits per heavy atom. The molecule has 1 aliphatic heterocycles. The van der Waals surface area contributed by atoms with E-state index in [9.17, 15) is 4.79 Å². The smallest absolute Gasteiger partial charge is 0.244 e. The Kier molecular flexibility index (Phi) is 7.22. The predicted octanol–water partition coefficient (Wildman–Crippen LogP) is 2.48. The third-order valence-corrected chi connectivity index (χ3v) is 4.45. The number of halogens is 1. The number of ether oxygens (including phenoxy) is 2. The average Bonchev–Trinajstić information content (AvgIpc) is 2.71. The number of hydrogen-bond acceptors (Lipinski definition) is 6. The zero-order valence-electron chi connectivity index (χ0n) is 15.7. The molecule has 3 rings (SSSR count). The van der Waals surface area contributed by atoms with Gasteiger partial charge in [-0.2, -0.15) is 4.98 Å². The molecule has 8 heteroatoms. The number of carbonyl (C=O) groups excluding carboxylic acids is 1. The number of hydrogen-bond donors (Lipinski definition) is 1. The summed E-state index contributed by atoms with van der Waals surface area (Å²) in [5.41, 5.74) is 0.794. The van der Waals surface area contributed by atoms with Crippen LogP contribution in [0, 0.1) is 6.92 Å². The highest BCUT2D eigenvalue weighted by molar-refractivity contribution is 6.32. The molecule has 0 spiro atoms. The molecule has 0 bridgehead atoms. The molecule has 1 N–H and O–H groups in total. The van der Waals surface area contributed by atoms with E-state index in [4.69, 9.17) is 21.1 Å². The molecule has 1 aromatic carbocycles. The summed E-state index contributed by atoms with van der Waals surface area (Å²) in [6, 6.07) is 9.15. The van der Waals surface area contributed by atoms with Crippen LogP contribution < -0.4 is 15.0 Å². The number of nitrogens with one attached hydrogen (secondary N) is 1. The second-order valence-electron chi connectivity index (χ2n) is 6.21. The van der Waals surface area contributed by atoms with Crippen LogP contribution in [0.25, 0.3) is 6.08 Å². The topological polar surface area (TPSA) is 76.6 Å². The lowest BCUT2D eigenvalue weighted by Crippen LogP contribution is -2.37. The van der Waals surface area contributed by atoms with Crippen LogP contribution in [-0.2, 0) is 9.53 Å². The van der Waals surface area contributed by atoms with Gasteiger partial charge in [-0.3, -0.25) is 4.79 Å². The van der Waals surface area contributed by atoms with Crippen LogP contribution in [0.5, 0.6) is 5.88 Å². The van der Waals surface area contributed by atoms with Gasteiger partial charge in [0.1, 0.15) is 18.2 Å². The molecular weight excluding hydrogens is 380 g/mol. The normalized spacial score (nSPS) is 14.3. The summed E-state index contributed by atoms with van der Waals surface area (Å²) in [4.78, 5) is 22.8. The Hall–Kier alpha value is -2.64. The molecule has 1 fully saturated rings. The van der Waals surface area contributed by atoms with Gasteiger partial charge >= 0.3 is 0 Å². The lowest BCUT2D eigenvalue weighted by atomic mass is 10.2. The molecule has 1 saturated heterocycles. The fourth-order valence-electron chi connectivity index (χ4n) is 2.72. The lowest BCUT2D eigenvalue weighted by Gasteiger charge is -2.28. The number of carbonyl (C=O) groups is 1. The summed E-state index contributed by atoms with van der Waals surface area (Å²) in [6.45, 7) is 5.47. The Labute approximate surface area is 169 Å². The van der Waals surface area contributed by atoms with E-state index >= 15 is 0 Å². The van der Waals surface area contributed by atoms with Gasteiger partial charge in [0.15, 0.2) is 0 Å². The monoisotopic (exact) mass is 402 g/mol. The van der Waals surface area contributed by atoms with Gasteiger partial charge in [0, 0.05) is 30.3 Å². The molecule has 7 nitrogen and oxygen atoms in total. The van der Waals surface area contributed by atoms with Crippen molar-refractivity contribution < 1.29 is 14.3 Å². The number of rotatable bonds is 7. The highest BCUT2D eigenvalue weighted by Crippen LogP contribution is 2.18. The van der Waals surface area contributed by atoms with Crippen molar-refractivity contribution in [1.82, 2.24) is 15.3 Å². The van der Waals surface area contributed by atoms with Crippen LogP contribution in [0.2, 0.25) is 5.02 Å². The van der Waals surface area contributed by atoms with Gasteiger partial charge in [-0.25, -0.2) is 4.98 Å². The van der Waals surface area contributed by atoms with Gasteiger partial charge < -0.3 is 19.7 Å². The molecule has 1 amide bonds. The molecule has 0 aliphatic carbocycles. The van der Waals surface area contributed by atoms with Gasteiger partial charge in [-0.15, -0.1) is 0 Å². The first-order chi connectivity index (χ1) is 13.6. The second-order valence-corrected chi connectivity index (χ2v) is 6.61. The van der Waals surface area contributed by atoms with Crippen LogP contribution in [0.1, 0.15) is 11.4 Å². The minimum absolute atomic E-state index is 0.212. The van der Waals surface area contributed by atoms with E-state index in [0.717, 1.165) is 24.5 Å².